The predicted octanol–water partition coefficient (Wildman–Crippen LogP) is 4.29. The van der Waals surface area contributed by atoms with Crippen molar-refractivity contribution in [2.45, 2.75) is 38.8 Å². The van der Waals surface area contributed by atoms with Crippen LogP contribution in [0.3, 0.4) is 0 Å². The van der Waals surface area contributed by atoms with Gasteiger partial charge in [-0.05, 0) is 54.1 Å². The lowest BCUT2D eigenvalue weighted by atomic mass is 10.1. The number of rotatable bonds is 8. The van der Waals surface area contributed by atoms with Crippen LogP contribution in [0.5, 0.6) is 6.01 Å². The van der Waals surface area contributed by atoms with Crippen LogP contribution in [-0.2, 0) is 6.54 Å². The molecule has 1 atom stereocenters. The molecule has 0 aliphatic carbocycles. The first-order chi connectivity index (χ1) is 18.4. The van der Waals surface area contributed by atoms with Gasteiger partial charge in [0.15, 0.2) is 5.65 Å². The van der Waals surface area contributed by atoms with Crippen molar-refractivity contribution in [2.75, 3.05) is 30.0 Å². The van der Waals surface area contributed by atoms with Crippen molar-refractivity contribution in [2.24, 2.45) is 0 Å². The van der Waals surface area contributed by atoms with Crippen LogP contribution in [-0.4, -0.2) is 50.1 Å². The second-order valence-corrected chi connectivity index (χ2v) is 9.67. The van der Waals surface area contributed by atoms with E-state index >= 15 is 0 Å². The Bertz CT molecular complexity index is 1460. The second kappa shape index (κ2) is 10.8. The number of amides is 1. The van der Waals surface area contributed by atoms with E-state index in [0.717, 1.165) is 24.1 Å². The van der Waals surface area contributed by atoms with Crippen LogP contribution in [0.1, 0.15) is 47.7 Å². The molecule has 1 aliphatic rings. The van der Waals surface area contributed by atoms with Crippen LogP contribution in [0.2, 0.25) is 0 Å². The van der Waals surface area contributed by atoms with E-state index < -0.39 is 0 Å². The Morgan fingerprint density at radius 1 is 1.16 bits per heavy atom. The van der Waals surface area contributed by atoms with Crippen molar-refractivity contribution < 1.29 is 9.53 Å². The smallest absolute Gasteiger partial charge is 0.322 e. The van der Waals surface area contributed by atoms with Gasteiger partial charge in [0.25, 0.3) is 5.91 Å². The molecule has 196 valence electrons. The number of carbonyl (C=O) groups is 1. The Balaban J connectivity index is 1.39. The molecule has 4 aromatic rings. The molecule has 1 aliphatic heterocycles. The van der Waals surface area contributed by atoms with Crippen LogP contribution >= 0.6 is 0 Å². The van der Waals surface area contributed by atoms with Gasteiger partial charge in [0.2, 0.25) is 5.95 Å². The zero-order chi connectivity index (χ0) is 26.6. The van der Waals surface area contributed by atoms with Gasteiger partial charge < -0.3 is 26.0 Å². The Hall–Kier alpha value is -4.60. The molecular formula is C28H32N8O2. The van der Waals surface area contributed by atoms with Crippen molar-refractivity contribution in [3.05, 3.63) is 83.7 Å². The van der Waals surface area contributed by atoms with Gasteiger partial charge in [0, 0.05) is 49.1 Å². The van der Waals surface area contributed by atoms with Crippen molar-refractivity contribution in [1.82, 2.24) is 24.5 Å². The number of para-hydroxylation sites is 1. The number of nitrogens with zero attached hydrogens (tertiary/aromatic N) is 5. The van der Waals surface area contributed by atoms with Crippen molar-refractivity contribution >= 4 is 28.9 Å². The zero-order valence-electron chi connectivity index (χ0n) is 21.8. The maximum atomic E-state index is 12.8. The summed E-state index contributed by atoms with van der Waals surface area (Å²) in [5.41, 5.74) is 10.2. The summed E-state index contributed by atoms with van der Waals surface area (Å²) in [6.07, 6.45) is 6.60. The molecule has 38 heavy (non-hydrogen) atoms. The first-order valence-corrected chi connectivity index (χ1v) is 12.7. The largest absolute Gasteiger partial charge is 0.456 e. The van der Waals surface area contributed by atoms with Crippen molar-refractivity contribution in [3.8, 4) is 6.01 Å². The number of ether oxygens (including phenoxy) is 1. The quantitative estimate of drug-likeness (QED) is 0.299. The van der Waals surface area contributed by atoms with Gasteiger partial charge in [-0.1, -0.05) is 32.0 Å². The molecule has 0 saturated heterocycles. The number of fused-ring (bicyclic) bond motifs is 1. The lowest BCUT2D eigenvalue weighted by molar-refractivity contribution is 0.102. The molecule has 0 saturated carbocycles. The normalized spacial score (nSPS) is 15.2. The summed E-state index contributed by atoms with van der Waals surface area (Å²) >= 11 is 0. The van der Waals surface area contributed by atoms with E-state index in [1.165, 1.54) is 0 Å². The molecular weight excluding hydrogens is 480 g/mol. The zero-order valence-corrected chi connectivity index (χ0v) is 21.8. The molecule has 10 heteroatoms. The van der Waals surface area contributed by atoms with Crippen LogP contribution in [0.25, 0.3) is 5.65 Å². The molecule has 2 aromatic heterocycles. The van der Waals surface area contributed by atoms with E-state index in [0.29, 0.717) is 41.1 Å². The molecule has 3 heterocycles. The third-order valence-electron chi connectivity index (χ3n) is 6.45. The molecule has 10 nitrogen and oxygen atoms in total. The molecule has 0 fully saturated rings. The van der Waals surface area contributed by atoms with Gasteiger partial charge in [0.1, 0.15) is 6.10 Å². The SMILES string of the molecule is CC(C)c1cnn2c(NCc3ccccc3NC(=O)c3ccc(N)cc3)nc(OC3C=CN(C)CC3)nc12. The number of anilines is 3. The second-order valence-electron chi connectivity index (χ2n) is 9.67. The van der Waals surface area contributed by atoms with Crippen LogP contribution < -0.4 is 21.1 Å². The number of nitrogens with one attached hydrogen (secondary N) is 2. The number of carbonyl (C=O) groups excluding carboxylic acids is 1. The summed E-state index contributed by atoms with van der Waals surface area (Å²) < 4.78 is 7.86. The lowest BCUT2D eigenvalue weighted by Gasteiger charge is -2.24. The molecule has 1 unspecified atom stereocenters. The molecule has 0 radical (unpaired) electrons. The number of aromatic nitrogens is 4. The lowest BCUT2D eigenvalue weighted by Crippen LogP contribution is -2.27. The highest BCUT2D eigenvalue weighted by Gasteiger charge is 2.19. The van der Waals surface area contributed by atoms with Crippen LogP contribution in [0.15, 0.2) is 67.0 Å². The number of benzene rings is 2. The maximum absolute atomic E-state index is 12.8. The number of nitrogens with two attached hydrogens (primary N) is 1. The van der Waals surface area contributed by atoms with Gasteiger partial charge in [-0.15, -0.1) is 0 Å². The molecule has 0 spiro atoms. The summed E-state index contributed by atoms with van der Waals surface area (Å²) in [6, 6.07) is 14.7. The van der Waals surface area contributed by atoms with Crippen LogP contribution in [0, 0.1) is 0 Å². The average molecular weight is 513 g/mol. The number of nitrogen functional groups attached to an aromatic ring is 1. The van der Waals surface area contributed by atoms with E-state index in [4.69, 9.17) is 15.5 Å². The van der Waals surface area contributed by atoms with E-state index in [-0.39, 0.29) is 17.9 Å². The Labute approximate surface area is 221 Å². The third-order valence-corrected chi connectivity index (χ3v) is 6.45. The topological polar surface area (TPSA) is 123 Å². The predicted molar refractivity (Wildman–Crippen MR) is 148 cm³/mol. The van der Waals surface area contributed by atoms with E-state index in [2.05, 4.69) is 39.5 Å². The van der Waals surface area contributed by atoms with Gasteiger partial charge in [0.05, 0.1) is 6.20 Å². The Morgan fingerprint density at radius 3 is 2.68 bits per heavy atom. The molecule has 2 aromatic carbocycles. The summed E-state index contributed by atoms with van der Waals surface area (Å²) in [4.78, 5) is 24.3. The highest BCUT2D eigenvalue weighted by Crippen LogP contribution is 2.25. The fourth-order valence-electron chi connectivity index (χ4n) is 4.23. The van der Waals surface area contributed by atoms with Gasteiger partial charge >= 0.3 is 6.01 Å². The standard InChI is InChI=1S/C28H32N8O2/c1-18(2)23-17-31-36-25(23)33-28(38-22-12-14-35(3)15-13-22)34-27(36)30-16-20-6-4-5-7-24(20)32-26(37)19-8-10-21(29)11-9-19/h4-12,14,17-18,22H,13,15-16,29H2,1-3H3,(H,32,37)(H,30,33,34). The number of hydrogen-bond donors (Lipinski definition) is 3. The average Bonchev–Trinajstić information content (AvgIpc) is 3.34. The summed E-state index contributed by atoms with van der Waals surface area (Å²) in [5, 5.41) is 10.9. The first-order valence-electron chi connectivity index (χ1n) is 12.7. The fourth-order valence-corrected chi connectivity index (χ4v) is 4.23. The third kappa shape index (κ3) is 5.54. The minimum absolute atomic E-state index is 0.101. The monoisotopic (exact) mass is 512 g/mol. The van der Waals surface area contributed by atoms with Crippen molar-refractivity contribution in [3.63, 3.8) is 0 Å². The Kier molecular flexibility index (Phi) is 7.12. The molecule has 4 N–H and O–H groups in total. The molecule has 1 amide bonds. The van der Waals surface area contributed by atoms with E-state index in [1.54, 1.807) is 28.8 Å². The van der Waals surface area contributed by atoms with Gasteiger partial charge in [-0.2, -0.15) is 19.6 Å². The highest BCUT2D eigenvalue weighted by atomic mass is 16.5. The number of hydrogen-bond acceptors (Lipinski definition) is 8. The maximum Gasteiger partial charge on any atom is 0.322 e. The summed E-state index contributed by atoms with van der Waals surface area (Å²) in [5.74, 6) is 0.529. The highest BCUT2D eigenvalue weighted by molar-refractivity contribution is 6.04. The first kappa shape index (κ1) is 25.1. The minimum atomic E-state index is -0.211. The summed E-state index contributed by atoms with van der Waals surface area (Å²) in [6.45, 7) is 5.50. The van der Waals surface area contributed by atoms with Gasteiger partial charge in [-0.3, -0.25) is 4.79 Å². The fraction of sp³-hybridized carbons (Fsp3) is 0.286. The van der Waals surface area contributed by atoms with Gasteiger partial charge in [-0.25, -0.2) is 0 Å². The molecule has 0 bridgehead atoms. The molecule has 5 rings (SSSR count). The minimum Gasteiger partial charge on any atom is -0.456 e. The van der Waals surface area contributed by atoms with E-state index in [1.807, 2.05) is 49.8 Å². The van der Waals surface area contributed by atoms with E-state index in [9.17, 15) is 4.79 Å². The Morgan fingerprint density at radius 2 is 1.95 bits per heavy atom. The van der Waals surface area contributed by atoms with Crippen molar-refractivity contribution in [1.29, 1.82) is 0 Å². The summed E-state index contributed by atoms with van der Waals surface area (Å²) in [7, 11) is 2.04. The van der Waals surface area contributed by atoms with Crippen LogP contribution in [0.4, 0.5) is 17.3 Å².